The van der Waals surface area contributed by atoms with E-state index >= 15 is 0 Å². The first-order chi connectivity index (χ1) is 21.4. The third-order valence-corrected chi connectivity index (χ3v) is 8.43. The fourth-order valence-corrected chi connectivity index (χ4v) is 6.31. The zero-order chi connectivity index (χ0) is 30.9. The number of carbonyl (C=O) groups is 3. The minimum absolute atomic E-state index is 0.0281. The Bertz CT molecular complexity index is 1480. The van der Waals surface area contributed by atoms with Gasteiger partial charge in [0.15, 0.2) is 5.13 Å². The van der Waals surface area contributed by atoms with E-state index in [2.05, 4.69) is 63.7 Å². The average molecular weight is 610 g/mol. The Morgan fingerprint density at radius 2 is 1.41 bits per heavy atom. The highest BCUT2D eigenvalue weighted by atomic mass is 32.1. The zero-order valence-corrected chi connectivity index (χ0v) is 26.1. The normalized spacial score (nSPS) is 13.7. The largest absolute Gasteiger partial charge is 0.340 e. The summed E-state index contributed by atoms with van der Waals surface area (Å²) in [4.78, 5) is 49.5. The van der Waals surface area contributed by atoms with Gasteiger partial charge in [0.1, 0.15) is 6.54 Å². The number of amides is 3. The molecule has 3 aromatic carbocycles. The van der Waals surface area contributed by atoms with E-state index in [1.807, 2.05) is 54.5 Å². The summed E-state index contributed by atoms with van der Waals surface area (Å²) in [5, 5.41) is 5.05. The summed E-state index contributed by atoms with van der Waals surface area (Å²) in [5.41, 5.74) is 3.66. The topological polar surface area (TPSA) is 85.8 Å². The van der Waals surface area contributed by atoms with E-state index in [1.54, 1.807) is 17.0 Å². The molecular weight excluding hydrogens is 570 g/mol. The Kier molecular flexibility index (Phi) is 10.5. The van der Waals surface area contributed by atoms with E-state index in [1.165, 1.54) is 22.5 Å². The van der Waals surface area contributed by atoms with Crippen LogP contribution in [0, 0.1) is 5.92 Å². The van der Waals surface area contributed by atoms with Crippen LogP contribution in [0.5, 0.6) is 0 Å². The van der Waals surface area contributed by atoms with Gasteiger partial charge < -0.3 is 15.1 Å². The predicted octanol–water partition coefficient (Wildman–Crippen LogP) is 5.36. The van der Waals surface area contributed by atoms with Gasteiger partial charge in [0.05, 0.1) is 18.2 Å². The Labute approximate surface area is 263 Å². The lowest BCUT2D eigenvalue weighted by atomic mass is 9.96. The van der Waals surface area contributed by atoms with Gasteiger partial charge in [-0.1, -0.05) is 92.7 Å². The van der Waals surface area contributed by atoms with Crippen molar-refractivity contribution in [2.45, 2.75) is 26.3 Å². The Balaban J connectivity index is 1.14. The van der Waals surface area contributed by atoms with Gasteiger partial charge in [-0.2, -0.15) is 0 Å². The Hall–Kier alpha value is -4.34. The standard InChI is InChI=1S/C35H39N5O3S/c1-26(2)23-40(34(43)29-16-10-5-11-17-29)24-31(41)37-35-36-30(25-44-35)22-32(42)38-18-20-39(21-19-38)33(27-12-6-3-7-13-27)28-14-8-4-9-15-28/h3-17,25-26,33H,18-24H2,1-2H3,(H,36,37,41). The van der Waals surface area contributed by atoms with Gasteiger partial charge in [0.2, 0.25) is 11.8 Å². The zero-order valence-electron chi connectivity index (χ0n) is 25.3. The van der Waals surface area contributed by atoms with Crippen LogP contribution in [0.25, 0.3) is 0 Å². The van der Waals surface area contributed by atoms with Crippen molar-refractivity contribution in [2.75, 3.05) is 44.6 Å². The number of hydrogen-bond donors (Lipinski definition) is 1. The van der Waals surface area contributed by atoms with Crippen molar-refractivity contribution in [1.82, 2.24) is 19.7 Å². The predicted molar refractivity (Wildman–Crippen MR) is 175 cm³/mol. The number of thiazole rings is 1. The van der Waals surface area contributed by atoms with Crippen LogP contribution >= 0.6 is 11.3 Å². The minimum atomic E-state index is -0.315. The molecule has 0 atom stereocenters. The third kappa shape index (κ3) is 8.18. The molecule has 1 aliphatic heterocycles. The van der Waals surface area contributed by atoms with Crippen molar-refractivity contribution in [2.24, 2.45) is 5.92 Å². The third-order valence-electron chi connectivity index (χ3n) is 7.62. The van der Waals surface area contributed by atoms with Gasteiger partial charge in [0, 0.05) is 43.7 Å². The molecule has 0 aliphatic carbocycles. The molecule has 1 fully saturated rings. The highest BCUT2D eigenvalue weighted by Crippen LogP contribution is 2.29. The van der Waals surface area contributed by atoms with Crippen LogP contribution in [0.3, 0.4) is 0 Å². The van der Waals surface area contributed by atoms with Crippen LogP contribution < -0.4 is 5.32 Å². The molecule has 0 spiro atoms. The SMILES string of the molecule is CC(C)CN(CC(=O)Nc1nc(CC(=O)N2CCN(C(c3ccccc3)c3ccccc3)CC2)cs1)C(=O)c1ccccc1. The van der Waals surface area contributed by atoms with Crippen molar-refractivity contribution in [3.05, 3.63) is 119 Å². The highest BCUT2D eigenvalue weighted by Gasteiger charge is 2.28. The molecule has 2 heterocycles. The average Bonchev–Trinajstić information content (AvgIpc) is 3.48. The molecule has 0 unspecified atom stereocenters. The van der Waals surface area contributed by atoms with Gasteiger partial charge in [-0.05, 0) is 29.2 Å². The van der Waals surface area contributed by atoms with Crippen LogP contribution in [0.1, 0.15) is 47.1 Å². The molecule has 1 aliphatic rings. The second kappa shape index (κ2) is 14.9. The number of nitrogens with one attached hydrogen (secondary N) is 1. The first-order valence-electron chi connectivity index (χ1n) is 15.1. The van der Waals surface area contributed by atoms with E-state index in [4.69, 9.17) is 0 Å². The summed E-state index contributed by atoms with van der Waals surface area (Å²) < 4.78 is 0. The smallest absolute Gasteiger partial charge is 0.254 e. The molecular formula is C35H39N5O3S. The van der Waals surface area contributed by atoms with Crippen LogP contribution in [-0.2, 0) is 16.0 Å². The lowest BCUT2D eigenvalue weighted by Crippen LogP contribution is -2.50. The molecule has 0 saturated carbocycles. The summed E-state index contributed by atoms with van der Waals surface area (Å²) in [5.74, 6) is -0.263. The van der Waals surface area contributed by atoms with Crippen molar-refractivity contribution >= 4 is 34.2 Å². The van der Waals surface area contributed by atoms with Gasteiger partial charge >= 0.3 is 0 Å². The number of rotatable bonds is 11. The van der Waals surface area contributed by atoms with E-state index in [0.717, 1.165) is 13.1 Å². The fourth-order valence-electron chi connectivity index (χ4n) is 5.58. The van der Waals surface area contributed by atoms with Crippen molar-refractivity contribution in [3.8, 4) is 0 Å². The number of hydrogen-bond acceptors (Lipinski definition) is 6. The molecule has 5 rings (SSSR count). The van der Waals surface area contributed by atoms with Crippen molar-refractivity contribution in [3.63, 3.8) is 0 Å². The molecule has 1 saturated heterocycles. The molecule has 0 bridgehead atoms. The number of benzene rings is 3. The van der Waals surface area contributed by atoms with Gasteiger partial charge in [-0.25, -0.2) is 4.98 Å². The number of piperazine rings is 1. The Morgan fingerprint density at radius 3 is 1.98 bits per heavy atom. The molecule has 44 heavy (non-hydrogen) atoms. The minimum Gasteiger partial charge on any atom is -0.340 e. The molecule has 1 N–H and O–H groups in total. The van der Waals surface area contributed by atoms with Crippen LogP contribution in [0.15, 0.2) is 96.4 Å². The van der Waals surface area contributed by atoms with E-state index in [0.29, 0.717) is 36.0 Å². The maximum atomic E-state index is 13.2. The molecule has 4 aromatic rings. The summed E-state index contributed by atoms with van der Waals surface area (Å²) in [6.07, 6.45) is 0.180. The fraction of sp³-hybridized carbons (Fsp3) is 0.314. The van der Waals surface area contributed by atoms with Crippen LogP contribution in [0.2, 0.25) is 0 Å². The number of carbonyl (C=O) groups excluding carboxylic acids is 3. The first-order valence-corrected chi connectivity index (χ1v) is 16.0. The maximum absolute atomic E-state index is 13.2. The monoisotopic (exact) mass is 609 g/mol. The lowest BCUT2D eigenvalue weighted by Gasteiger charge is -2.39. The molecule has 0 radical (unpaired) electrons. The van der Waals surface area contributed by atoms with Gasteiger partial charge in [-0.3, -0.25) is 19.3 Å². The van der Waals surface area contributed by atoms with Crippen molar-refractivity contribution in [1.29, 1.82) is 0 Å². The Morgan fingerprint density at radius 1 is 0.841 bits per heavy atom. The summed E-state index contributed by atoms with van der Waals surface area (Å²) in [6, 6.07) is 30.1. The summed E-state index contributed by atoms with van der Waals surface area (Å²) in [7, 11) is 0. The highest BCUT2D eigenvalue weighted by molar-refractivity contribution is 7.13. The molecule has 228 valence electrons. The lowest BCUT2D eigenvalue weighted by molar-refractivity contribution is -0.132. The number of nitrogens with zero attached hydrogens (tertiary/aromatic N) is 4. The number of anilines is 1. The van der Waals surface area contributed by atoms with Crippen LogP contribution in [0.4, 0.5) is 5.13 Å². The first kappa shape index (κ1) is 31.1. The van der Waals surface area contributed by atoms with Gasteiger partial charge in [-0.15, -0.1) is 11.3 Å². The van der Waals surface area contributed by atoms with Crippen LogP contribution in [-0.4, -0.2) is 76.7 Å². The second-order valence-electron chi connectivity index (χ2n) is 11.5. The van der Waals surface area contributed by atoms with E-state index in [-0.39, 0.29) is 42.6 Å². The van der Waals surface area contributed by atoms with E-state index < -0.39 is 0 Å². The van der Waals surface area contributed by atoms with Gasteiger partial charge in [0.25, 0.3) is 5.91 Å². The number of aromatic nitrogens is 1. The van der Waals surface area contributed by atoms with Crippen molar-refractivity contribution < 1.29 is 14.4 Å². The second-order valence-corrected chi connectivity index (χ2v) is 12.3. The summed E-state index contributed by atoms with van der Waals surface area (Å²) >= 11 is 1.29. The molecule has 8 nitrogen and oxygen atoms in total. The van der Waals surface area contributed by atoms with E-state index in [9.17, 15) is 14.4 Å². The summed E-state index contributed by atoms with van der Waals surface area (Å²) in [6.45, 7) is 7.24. The maximum Gasteiger partial charge on any atom is 0.254 e. The molecule has 9 heteroatoms. The quantitative estimate of drug-likeness (QED) is 0.248. The molecule has 3 amide bonds. The molecule has 1 aromatic heterocycles.